The molecule has 94 valence electrons. The minimum Gasteiger partial charge on any atom is -0.481 e. The maximum Gasteiger partial charge on any atom is 0.303 e. The average molecular weight is 230 g/mol. The molecule has 0 aromatic rings. The predicted octanol–water partition coefficient (Wildman–Crippen LogP) is 0.873. The van der Waals surface area contributed by atoms with Crippen LogP contribution in [0.25, 0.3) is 0 Å². The van der Waals surface area contributed by atoms with Crippen molar-refractivity contribution in [3.05, 3.63) is 0 Å². The van der Waals surface area contributed by atoms with Gasteiger partial charge in [0, 0.05) is 24.4 Å². The zero-order valence-electron chi connectivity index (χ0n) is 10.2. The molecule has 0 heterocycles. The fourth-order valence-electron chi connectivity index (χ4n) is 1.37. The zero-order chi connectivity index (χ0) is 12.8. The maximum atomic E-state index is 11.5. The Bertz CT molecular complexity index is 246. The highest BCUT2D eigenvalue weighted by Crippen LogP contribution is 2.05. The summed E-state index contributed by atoms with van der Waals surface area (Å²) in [6.45, 7) is 5.45. The number of carboxylic acid groups (broad SMARTS) is 1. The molecule has 5 heteroatoms. The van der Waals surface area contributed by atoms with Crippen LogP contribution in [-0.2, 0) is 9.59 Å². The molecule has 0 fully saturated rings. The Morgan fingerprint density at radius 3 is 2.44 bits per heavy atom. The van der Waals surface area contributed by atoms with Gasteiger partial charge < -0.3 is 16.2 Å². The Balaban J connectivity index is 3.74. The highest BCUT2D eigenvalue weighted by Gasteiger charge is 2.17. The lowest BCUT2D eigenvalue weighted by Crippen LogP contribution is -2.41. The molecule has 0 radical (unpaired) electrons. The molecule has 0 aromatic heterocycles. The first-order valence-electron chi connectivity index (χ1n) is 5.51. The molecule has 0 saturated carbocycles. The van der Waals surface area contributed by atoms with Crippen LogP contribution in [-0.4, -0.2) is 28.6 Å². The van der Waals surface area contributed by atoms with Crippen molar-refractivity contribution in [2.75, 3.05) is 0 Å². The standard InChI is InChI=1S/C11H22N2O3/c1-8(5-4-6-10(15)16)13-9(14)7-11(2,3)12/h8H,4-7,12H2,1-3H3,(H,13,14)(H,15,16). The Labute approximate surface area is 96.4 Å². The lowest BCUT2D eigenvalue weighted by Gasteiger charge is -2.20. The summed E-state index contributed by atoms with van der Waals surface area (Å²) < 4.78 is 0. The lowest BCUT2D eigenvalue weighted by molar-refractivity contribution is -0.137. The van der Waals surface area contributed by atoms with Gasteiger partial charge in [0.05, 0.1) is 0 Å². The normalized spacial score (nSPS) is 13.2. The van der Waals surface area contributed by atoms with E-state index in [-0.39, 0.29) is 24.8 Å². The van der Waals surface area contributed by atoms with Gasteiger partial charge in [-0.1, -0.05) is 0 Å². The molecule has 0 saturated heterocycles. The number of hydrogen-bond acceptors (Lipinski definition) is 3. The molecule has 4 N–H and O–H groups in total. The van der Waals surface area contributed by atoms with Crippen molar-refractivity contribution in [1.82, 2.24) is 5.32 Å². The second-order valence-electron chi connectivity index (χ2n) is 4.92. The second kappa shape index (κ2) is 6.48. The van der Waals surface area contributed by atoms with Crippen molar-refractivity contribution in [1.29, 1.82) is 0 Å². The van der Waals surface area contributed by atoms with Crippen LogP contribution in [0.5, 0.6) is 0 Å². The van der Waals surface area contributed by atoms with Crippen LogP contribution in [0.15, 0.2) is 0 Å². The Kier molecular flexibility index (Phi) is 6.03. The minimum atomic E-state index is -0.804. The lowest BCUT2D eigenvalue weighted by atomic mass is 10.0. The second-order valence-corrected chi connectivity index (χ2v) is 4.92. The first-order valence-corrected chi connectivity index (χ1v) is 5.51. The average Bonchev–Trinajstić information content (AvgIpc) is 1.98. The monoisotopic (exact) mass is 230 g/mol. The van der Waals surface area contributed by atoms with Crippen molar-refractivity contribution in [2.24, 2.45) is 5.73 Å². The quantitative estimate of drug-likeness (QED) is 0.605. The van der Waals surface area contributed by atoms with Crippen LogP contribution in [0.4, 0.5) is 0 Å². The highest BCUT2D eigenvalue weighted by molar-refractivity contribution is 5.77. The van der Waals surface area contributed by atoms with Gasteiger partial charge in [0.15, 0.2) is 0 Å². The highest BCUT2D eigenvalue weighted by atomic mass is 16.4. The summed E-state index contributed by atoms with van der Waals surface area (Å²) >= 11 is 0. The van der Waals surface area contributed by atoms with Gasteiger partial charge in [0.25, 0.3) is 0 Å². The predicted molar refractivity (Wildman–Crippen MR) is 62.0 cm³/mol. The molecule has 1 atom stereocenters. The van der Waals surface area contributed by atoms with Crippen LogP contribution in [0, 0.1) is 0 Å². The van der Waals surface area contributed by atoms with E-state index in [1.807, 2.05) is 6.92 Å². The van der Waals surface area contributed by atoms with Crippen molar-refractivity contribution < 1.29 is 14.7 Å². The first kappa shape index (κ1) is 14.9. The third kappa shape index (κ3) is 9.45. The number of nitrogens with two attached hydrogens (primary N) is 1. The number of carbonyl (C=O) groups is 2. The molecular weight excluding hydrogens is 208 g/mol. The third-order valence-electron chi connectivity index (χ3n) is 2.05. The maximum absolute atomic E-state index is 11.5. The smallest absolute Gasteiger partial charge is 0.303 e. The molecule has 0 spiro atoms. The van der Waals surface area contributed by atoms with E-state index in [1.54, 1.807) is 13.8 Å². The van der Waals surface area contributed by atoms with Crippen molar-refractivity contribution >= 4 is 11.9 Å². The van der Waals surface area contributed by atoms with Gasteiger partial charge in [-0.2, -0.15) is 0 Å². The molecule has 0 rings (SSSR count). The number of amides is 1. The summed E-state index contributed by atoms with van der Waals surface area (Å²) in [5.74, 6) is -0.892. The molecule has 5 nitrogen and oxygen atoms in total. The fourth-order valence-corrected chi connectivity index (χ4v) is 1.37. The Morgan fingerprint density at radius 2 is 2.00 bits per heavy atom. The number of aliphatic carboxylic acids is 1. The Hall–Kier alpha value is -1.10. The topological polar surface area (TPSA) is 92.4 Å². The molecular formula is C11H22N2O3. The van der Waals surface area contributed by atoms with Crippen LogP contribution in [0.2, 0.25) is 0 Å². The first-order chi connectivity index (χ1) is 7.20. The summed E-state index contributed by atoms with van der Waals surface area (Å²) in [6, 6.07) is -0.00537. The fraction of sp³-hybridized carbons (Fsp3) is 0.818. The van der Waals surface area contributed by atoms with Crippen LogP contribution < -0.4 is 11.1 Å². The third-order valence-corrected chi connectivity index (χ3v) is 2.05. The summed E-state index contributed by atoms with van der Waals surface area (Å²) in [5, 5.41) is 11.3. The largest absolute Gasteiger partial charge is 0.481 e. The molecule has 1 amide bonds. The van der Waals surface area contributed by atoms with E-state index in [0.29, 0.717) is 12.8 Å². The van der Waals surface area contributed by atoms with Crippen LogP contribution in [0.1, 0.15) is 46.5 Å². The van der Waals surface area contributed by atoms with Gasteiger partial charge in [-0.15, -0.1) is 0 Å². The summed E-state index contributed by atoms with van der Waals surface area (Å²) in [7, 11) is 0. The van der Waals surface area contributed by atoms with Crippen LogP contribution in [0.3, 0.4) is 0 Å². The van der Waals surface area contributed by atoms with E-state index in [2.05, 4.69) is 5.32 Å². The zero-order valence-corrected chi connectivity index (χ0v) is 10.2. The van der Waals surface area contributed by atoms with Gasteiger partial charge in [0.2, 0.25) is 5.91 Å². The van der Waals surface area contributed by atoms with Crippen molar-refractivity contribution in [3.63, 3.8) is 0 Å². The number of carboxylic acids is 1. The molecule has 0 aliphatic heterocycles. The number of nitrogens with one attached hydrogen (secondary N) is 1. The number of rotatable bonds is 7. The van der Waals surface area contributed by atoms with Gasteiger partial charge in [-0.25, -0.2) is 0 Å². The molecule has 0 aliphatic rings. The van der Waals surface area contributed by atoms with Gasteiger partial charge in [0.1, 0.15) is 0 Å². The van der Waals surface area contributed by atoms with E-state index in [0.717, 1.165) is 0 Å². The molecule has 1 unspecified atom stereocenters. The molecule has 0 aromatic carbocycles. The van der Waals surface area contributed by atoms with E-state index in [9.17, 15) is 9.59 Å². The molecule has 0 bridgehead atoms. The van der Waals surface area contributed by atoms with Crippen molar-refractivity contribution in [3.8, 4) is 0 Å². The summed E-state index contributed by atoms with van der Waals surface area (Å²) in [6.07, 6.45) is 1.66. The van der Waals surface area contributed by atoms with Gasteiger partial charge >= 0.3 is 5.97 Å². The van der Waals surface area contributed by atoms with Gasteiger partial charge in [-0.05, 0) is 33.6 Å². The number of hydrogen-bond donors (Lipinski definition) is 3. The Morgan fingerprint density at radius 1 is 1.44 bits per heavy atom. The molecule has 16 heavy (non-hydrogen) atoms. The SMILES string of the molecule is CC(CCCC(=O)O)NC(=O)CC(C)(C)N. The summed E-state index contributed by atoms with van der Waals surface area (Å²) in [5.41, 5.74) is 5.20. The minimum absolute atomic E-state index is 0.00537. The number of carbonyl (C=O) groups excluding carboxylic acids is 1. The molecule has 0 aliphatic carbocycles. The van der Waals surface area contributed by atoms with E-state index >= 15 is 0 Å². The van der Waals surface area contributed by atoms with Gasteiger partial charge in [-0.3, -0.25) is 9.59 Å². The van der Waals surface area contributed by atoms with E-state index in [1.165, 1.54) is 0 Å². The van der Waals surface area contributed by atoms with Crippen molar-refractivity contribution in [2.45, 2.75) is 58.0 Å². The van der Waals surface area contributed by atoms with E-state index < -0.39 is 11.5 Å². The van der Waals surface area contributed by atoms with Crippen LogP contribution >= 0.6 is 0 Å². The summed E-state index contributed by atoms with van der Waals surface area (Å²) in [4.78, 5) is 21.7. The van der Waals surface area contributed by atoms with E-state index in [4.69, 9.17) is 10.8 Å².